The third kappa shape index (κ3) is 5.13. The van der Waals surface area contributed by atoms with Crippen molar-refractivity contribution >= 4 is 29.5 Å². The van der Waals surface area contributed by atoms with Crippen molar-refractivity contribution in [3.05, 3.63) is 0 Å². The van der Waals surface area contributed by atoms with Gasteiger partial charge in [0.15, 0.2) is 0 Å². The van der Waals surface area contributed by atoms with Gasteiger partial charge in [-0.3, -0.25) is 14.4 Å². The average molecular weight is 356 g/mol. The van der Waals surface area contributed by atoms with Crippen LogP contribution in [-0.2, 0) is 14.4 Å². The van der Waals surface area contributed by atoms with Gasteiger partial charge in [0.1, 0.15) is 0 Å². The van der Waals surface area contributed by atoms with Gasteiger partial charge in [0.2, 0.25) is 17.7 Å². The van der Waals surface area contributed by atoms with Crippen LogP contribution >= 0.6 is 11.8 Å². The summed E-state index contributed by atoms with van der Waals surface area (Å²) in [7, 11) is 0. The number of fused-ring (bicyclic) bond motifs is 1. The van der Waals surface area contributed by atoms with Gasteiger partial charge in [-0.05, 0) is 37.2 Å². The highest BCUT2D eigenvalue weighted by Crippen LogP contribution is 2.31. The molecule has 2 heterocycles. The SMILES string of the molecule is CSCCCN1C(=O)CC[C@H]2CN(C(=O)CCNC(C)=O)CC[C@H]21. The molecule has 2 saturated heterocycles. The quantitative estimate of drug-likeness (QED) is 0.695. The largest absolute Gasteiger partial charge is 0.356 e. The first kappa shape index (κ1) is 19.1. The zero-order valence-corrected chi connectivity index (χ0v) is 15.6. The maximum atomic E-state index is 12.3. The molecule has 24 heavy (non-hydrogen) atoms. The van der Waals surface area contributed by atoms with Crippen LogP contribution in [0.2, 0.25) is 0 Å². The van der Waals surface area contributed by atoms with Gasteiger partial charge in [0.25, 0.3) is 0 Å². The van der Waals surface area contributed by atoms with Gasteiger partial charge in [0, 0.05) is 52.0 Å². The predicted octanol–water partition coefficient (Wildman–Crippen LogP) is 1.11. The minimum absolute atomic E-state index is 0.104. The van der Waals surface area contributed by atoms with Crippen LogP contribution in [0.25, 0.3) is 0 Å². The van der Waals surface area contributed by atoms with Crippen molar-refractivity contribution in [3.8, 4) is 0 Å². The van der Waals surface area contributed by atoms with E-state index in [0.717, 1.165) is 38.1 Å². The number of amides is 3. The van der Waals surface area contributed by atoms with Gasteiger partial charge < -0.3 is 15.1 Å². The van der Waals surface area contributed by atoms with E-state index in [1.165, 1.54) is 6.92 Å². The van der Waals surface area contributed by atoms with E-state index in [-0.39, 0.29) is 17.7 Å². The Bertz CT molecular complexity index is 472. The van der Waals surface area contributed by atoms with Crippen LogP contribution < -0.4 is 5.32 Å². The zero-order chi connectivity index (χ0) is 17.5. The smallest absolute Gasteiger partial charge is 0.224 e. The van der Waals surface area contributed by atoms with Crippen LogP contribution in [0.5, 0.6) is 0 Å². The number of carbonyl (C=O) groups excluding carboxylic acids is 3. The molecule has 2 aliphatic rings. The van der Waals surface area contributed by atoms with Crippen LogP contribution in [0.1, 0.15) is 39.0 Å². The summed E-state index contributed by atoms with van der Waals surface area (Å²) in [5.74, 6) is 1.76. The van der Waals surface area contributed by atoms with Crippen LogP contribution in [0.15, 0.2) is 0 Å². The highest BCUT2D eigenvalue weighted by Gasteiger charge is 2.39. The number of nitrogens with zero attached hydrogens (tertiary/aromatic N) is 2. The second-order valence-corrected chi connectivity index (χ2v) is 7.65. The van der Waals surface area contributed by atoms with Crippen molar-refractivity contribution in [2.45, 2.75) is 45.1 Å². The lowest BCUT2D eigenvalue weighted by atomic mass is 9.83. The fraction of sp³-hybridized carbons (Fsp3) is 0.824. The molecule has 0 aromatic rings. The molecule has 0 unspecified atom stereocenters. The van der Waals surface area contributed by atoms with E-state index < -0.39 is 0 Å². The lowest BCUT2D eigenvalue weighted by molar-refractivity contribution is -0.144. The summed E-state index contributed by atoms with van der Waals surface area (Å²) in [5.41, 5.74) is 0. The van der Waals surface area contributed by atoms with Gasteiger partial charge in [-0.1, -0.05) is 0 Å². The van der Waals surface area contributed by atoms with Gasteiger partial charge in [-0.25, -0.2) is 0 Å². The van der Waals surface area contributed by atoms with Crippen molar-refractivity contribution in [1.29, 1.82) is 0 Å². The number of piperidine rings is 2. The maximum Gasteiger partial charge on any atom is 0.224 e. The minimum atomic E-state index is -0.104. The van der Waals surface area contributed by atoms with Crippen LogP contribution in [0.4, 0.5) is 0 Å². The molecule has 1 N–H and O–H groups in total. The van der Waals surface area contributed by atoms with Crippen molar-refractivity contribution in [3.63, 3.8) is 0 Å². The molecule has 0 aromatic heterocycles. The molecule has 0 spiro atoms. The molecule has 3 amide bonds. The molecule has 2 rings (SSSR count). The van der Waals surface area contributed by atoms with Crippen molar-refractivity contribution in [1.82, 2.24) is 15.1 Å². The van der Waals surface area contributed by atoms with E-state index in [0.29, 0.717) is 37.9 Å². The summed E-state index contributed by atoms with van der Waals surface area (Å²) < 4.78 is 0. The standard InChI is InChI=1S/C17H29N3O3S/c1-13(21)18-8-6-16(22)19-10-7-15-14(12-19)4-5-17(23)20(15)9-3-11-24-2/h14-15H,3-12H2,1-2H3,(H,18,21)/t14-,15+/m0/s1. The molecule has 0 aromatic carbocycles. The lowest BCUT2D eigenvalue weighted by Gasteiger charge is -2.47. The molecule has 6 nitrogen and oxygen atoms in total. The predicted molar refractivity (Wildman–Crippen MR) is 95.7 cm³/mol. The highest BCUT2D eigenvalue weighted by atomic mass is 32.2. The first-order valence-electron chi connectivity index (χ1n) is 8.83. The first-order chi connectivity index (χ1) is 11.5. The number of hydrogen-bond acceptors (Lipinski definition) is 4. The van der Waals surface area contributed by atoms with E-state index >= 15 is 0 Å². The fourth-order valence-electron chi connectivity index (χ4n) is 3.75. The fourth-order valence-corrected chi connectivity index (χ4v) is 4.17. The molecule has 0 aliphatic carbocycles. The van der Waals surface area contributed by atoms with E-state index in [4.69, 9.17) is 0 Å². The molecule has 2 atom stereocenters. The molecule has 0 saturated carbocycles. The summed E-state index contributed by atoms with van der Waals surface area (Å²) in [6, 6.07) is 0.299. The maximum absolute atomic E-state index is 12.3. The van der Waals surface area contributed by atoms with Crippen molar-refractivity contribution in [2.24, 2.45) is 5.92 Å². The zero-order valence-electron chi connectivity index (χ0n) is 14.8. The summed E-state index contributed by atoms with van der Waals surface area (Å²) in [5, 5.41) is 2.67. The molecule has 2 aliphatic heterocycles. The topological polar surface area (TPSA) is 69.7 Å². The van der Waals surface area contributed by atoms with Crippen molar-refractivity contribution in [2.75, 3.05) is 38.2 Å². The van der Waals surface area contributed by atoms with Crippen LogP contribution in [0.3, 0.4) is 0 Å². The molecular weight excluding hydrogens is 326 g/mol. The number of thioether (sulfide) groups is 1. The van der Waals surface area contributed by atoms with E-state index in [9.17, 15) is 14.4 Å². The highest BCUT2D eigenvalue weighted by molar-refractivity contribution is 7.98. The van der Waals surface area contributed by atoms with E-state index in [1.54, 1.807) is 0 Å². The summed E-state index contributed by atoms with van der Waals surface area (Å²) in [6.45, 7) is 4.16. The Kier molecular flexibility index (Phi) is 7.40. The Morgan fingerprint density at radius 1 is 1.33 bits per heavy atom. The molecule has 136 valence electrons. The minimum Gasteiger partial charge on any atom is -0.356 e. The van der Waals surface area contributed by atoms with Crippen LogP contribution in [-0.4, -0.2) is 71.8 Å². The number of nitrogens with one attached hydrogen (secondary N) is 1. The Labute approximate surface area is 148 Å². The molecule has 7 heteroatoms. The Morgan fingerprint density at radius 3 is 2.83 bits per heavy atom. The molecule has 0 radical (unpaired) electrons. The Morgan fingerprint density at radius 2 is 2.12 bits per heavy atom. The third-order valence-corrected chi connectivity index (χ3v) is 5.65. The summed E-state index contributed by atoms with van der Waals surface area (Å²) >= 11 is 1.81. The Hall–Kier alpha value is -1.24. The monoisotopic (exact) mass is 355 g/mol. The van der Waals surface area contributed by atoms with Gasteiger partial charge in [-0.15, -0.1) is 0 Å². The van der Waals surface area contributed by atoms with E-state index in [1.807, 2.05) is 16.7 Å². The first-order valence-corrected chi connectivity index (χ1v) is 10.2. The summed E-state index contributed by atoms with van der Waals surface area (Å²) in [6.07, 6.45) is 5.85. The second kappa shape index (κ2) is 9.30. The second-order valence-electron chi connectivity index (χ2n) is 6.66. The van der Waals surface area contributed by atoms with Crippen LogP contribution in [0, 0.1) is 5.92 Å². The molecule has 2 fully saturated rings. The van der Waals surface area contributed by atoms with Crippen molar-refractivity contribution < 1.29 is 14.4 Å². The number of carbonyl (C=O) groups is 3. The third-order valence-electron chi connectivity index (χ3n) is 4.96. The summed E-state index contributed by atoms with van der Waals surface area (Å²) in [4.78, 5) is 39.4. The lowest BCUT2D eigenvalue weighted by Crippen LogP contribution is -2.57. The van der Waals surface area contributed by atoms with E-state index in [2.05, 4.69) is 16.5 Å². The average Bonchev–Trinajstić information content (AvgIpc) is 2.56. The van der Waals surface area contributed by atoms with Gasteiger partial charge in [-0.2, -0.15) is 11.8 Å². The number of likely N-dealkylation sites (tertiary alicyclic amines) is 2. The van der Waals surface area contributed by atoms with Gasteiger partial charge in [0.05, 0.1) is 0 Å². The normalized spacial score (nSPS) is 23.8. The number of hydrogen-bond donors (Lipinski definition) is 1. The molecule has 0 bridgehead atoms. The van der Waals surface area contributed by atoms with Gasteiger partial charge >= 0.3 is 0 Å². The number of rotatable bonds is 7. The molecular formula is C17H29N3O3S. The Balaban J connectivity index is 1.85.